The maximum Gasteiger partial charge on any atom is 0.252 e. The number of nitrogens with zero attached hydrogens (tertiary/aromatic N) is 2. The second kappa shape index (κ2) is 7.89. The Balaban J connectivity index is 1.46. The van der Waals surface area contributed by atoms with E-state index in [1.807, 2.05) is 23.1 Å². The molecular weight excluding hydrogens is 460 g/mol. The van der Waals surface area contributed by atoms with Gasteiger partial charge >= 0.3 is 0 Å². The third kappa shape index (κ3) is 3.67. The Bertz CT molecular complexity index is 981. The summed E-state index contributed by atoms with van der Waals surface area (Å²) in [7, 11) is -3.47. The fraction of sp³-hybridized carbons (Fsp3) is 0.450. The van der Waals surface area contributed by atoms with E-state index < -0.39 is 10.0 Å². The van der Waals surface area contributed by atoms with E-state index in [-0.39, 0.29) is 11.8 Å². The zero-order valence-electron chi connectivity index (χ0n) is 15.7. The van der Waals surface area contributed by atoms with Crippen molar-refractivity contribution in [3.05, 3.63) is 45.7 Å². The van der Waals surface area contributed by atoms with E-state index in [2.05, 4.69) is 28.9 Å². The third-order valence-corrected chi connectivity index (χ3v) is 9.75. The van der Waals surface area contributed by atoms with Crippen LogP contribution in [0.3, 0.4) is 0 Å². The van der Waals surface area contributed by atoms with Gasteiger partial charge in [-0.2, -0.15) is 4.31 Å². The SMILES string of the molecule is CC1CCN(C(=O)C2CCN(S(=O)(=O)c3ccc(Br)s3)CC2)c2ccccc21. The monoisotopic (exact) mass is 482 g/mol. The number of carbonyl (C=O) groups excluding carboxylic acids is 1. The van der Waals surface area contributed by atoms with Crippen LogP contribution < -0.4 is 4.90 Å². The maximum atomic E-state index is 13.2. The Labute approximate surface area is 178 Å². The molecular formula is C20H23BrN2O3S2. The molecule has 0 spiro atoms. The summed E-state index contributed by atoms with van der Waals surface area (Å²) in [6.45, 7) is 3.71. The Kier molecular flexibility index (Phi) is 5.66. The fourth-order valence-corrected chi connectivity index (χ4v) is 7.74. The topological polar surface area (TPSA) is 57.7 Å². The highest BCUT2D eigenvalue weighted by atomic mass is 79.9. The molecule has 4 rings (SSSR count). The Morgan fingerprint density at radius 1 is 1.07 bits per heavy atom. The number of halogens is 1. The van der Waals surface area contributed by atoms with Crippen LogP contribution in [0.5, 0.6) is 0 Å². The summed E-state index contributed by atoms with van der Waals surface area (Å²) in [5, 5.41) is 0. The molecule has 1 unspecified atom stereocenters. The summed E-state index contributed by atoms with van der Waals surface area (Å²) < 4.78 is 28.3. The second-order valence-electron chi connectivity index (χ2n) is 7.48. The van der Waals surface area contributed by atoms with Gasteiger partial charge in [-0.15, -0.1) is 11.3 Å². The number of sulfonamides is 1. The molecule has 2 aromatic rings. The molecule has 0 bridgehead atoms. The highest BCUT2D eigenvalue weighted by Gasteiger charge is 2.36. The van der Waals surface area contributed by atoms with Gasteiger partial charge in [-0.1, -0.05) is 25.1 Å². The van der Waals surface area contributed by atoms with Gasteiger partial charge in [0, 0.05) is 31.2 Å². The van der Waals surface area contributed by atoms with Gasteiger partial charge in [-0.05, 0) is 64.9 Å². The minimum atomic E-state index is -3.47. The van der Waals surface area contributed by atoms with Gasteiger partial charge < -0.3 is 4.90 Å². The first-order chi connectivity index (χ1) is 13.4. The minimum Gasteiger partial charge on any atom is -0.312 e. The number of rotatable bonds is 3. The quantitative estimate of drug-likeness (QED) is 0.648. The summed E-state index contributed by atoms with van der Waals surface area (Å²) >= 11 is 4.55. The van der Waals surface area contributed by atoms with Crippen LogP contribution in [0.1, 0.15) is 37.7 Å². The zero-order chi connectivity index (χ0) is 19.9. The molecule has 2 aliphatic rings. The van der Waals surface area contributed by atoms with Gasteiger partial charge in [-0.25, -0.2) is 8.42 Å². The highest BCUT2D eigenvalue weighted by molar-refractivity contribution is 9.11. The molecule has 1 amide bonds. The number of thiophene rings is 1. The molecule has 0 aliphatic carbocycles. The molecule has 150 valence electrons. The first-order valence-corrected chi connectivity index (χ1v) is 12.6. The van der Waals surface area contributed by atoms with Gasteiger partial charge in [0.1, 0.15) is 4.21 Å². The number of hydrogen-bond donors (Lipinski definition) is 0. The maximum absolute atomic E-state index is 13.2. The lowest BCUT2D eigenvalue weighted by molar-refractivity contribution is -0.123. The number of piperidine rings is 1. The minimum absolute atomic E-state index is 0.122. The molecule has 3 heterocycles. The molecule has 28 heavy (non-hydrogen) atoms. The Morgan fingerprint density at radius 2 is 1.79 bits per heavy atom. The molecule has 2 aliphatic heterocycles. The van der Waals surface area contributed by atoms with E-state index in [1.54, 1.807) is 12.1 Å². The molecule has 0 N–H and O–H groups in total. The third-order valence-electron chi connectivity index (χ3n) is 5.76. The van der Waals surface area contributed by atoms with Crippen molar-refractivity contribution < 1.29 is 13.2 Å². The van der Waals surface area contributed by atoms with Crippen LogP contribution in [0, 0.1) is 5.92 Å². The fourth-order valence-electron chi connectivity index (χ4n) is 4.10. The van der Waals surface area contributed by atoms with Crippen LogP contribution in [0.4, 0.5) is 5.69 Å². The largest absolute Gasteiger partial charge is 0.312 e. The van der Waals surface area contributed by atoms with Crippen molar-refractivity contribution in [3.63, 3.8) is 0 Å². The number of benzene rings is 1. The first kappa shape index (κ1) is 20.1. The lowest BCUT2D eigenvalue weighted by Crippen LogP contribution is -2.45. The number of carbonyl (C=O) groups is 1. The van der Waals surface area contributed by atoms with Crippen LogP contribution in [-0.4, -0.2) is 38.3 Å². The molecule has 1 aromatic carbocycles. The first-order valence-electron chi connectivity index (χ1n) is 9.53. The number of anilines is 1. The van der Waals surface area contributed by atoms with E-state index in [4.69, 9.17) is 0 Å². The standard InChI is InChI=1S/C20H23BrN2O3S2/c1-14-8-13-23(17-5-3-2-4-16(14)17)20(24)15-9-11-22(12-10-15)28(25,26)19-7-6-18(21)27-19/h2-7,14-15H,8-13H2,1H3. The molecule has 1 fully saturated rings. The van der Waals surface area contributed by atoms with Crippen LogP contribution in [0.25, 0.3) is 0 Å². The van der Waals surface area contributed by atoms with E-state index in [0.29, 0.717) is 36.1 Å². The Morgan fingerprint density at radius 3 is 2.46 bits per heavy atom. The number of amides is 1. The summed E-state index contributed by atoms with van der Waals surface area (Å²) in [6, 6.07) is 11.5. The highest BCUT2D eigenvalue weighted by Crippen LogP contribution is 2.37. The average molecular weight is 483 g/mol. The zero-order valence-corrected chi connectivity index (χ0v) is 18.9. The summed E-state index contributed by atoms with van der Waals surface area (Å²) in [5.41, 5.74) is 2.25. The van der Waals surface area contributed by atoms with E-state index in [1.165, 1.54) is 21.2 Å². The normalized spacial score (nSPS) is 21.5. The lowest BCUT2D eigenvalue weighted by Gasteiger charge is -2.37. The van der Waals surface area contributed by atoms with Gasteiger partial charge in [0.2, 0.25) is 5.91 Å². The number of fused-ring (bicyclic) bond motifs is 1. The average Bonchev–Trinajstić information content (AvgIpc) is 3.15. The summed E-state index contributed by atoms with van der Waals surface area (Å²) in [5.74, 6) is 0.468. The van der Waals surface area contributed by atoms with Crippen LogP contribution in [-0.2, 0) is 14.8 Å². The molecule has 8 heteroatoms. The predicted molar refractivity (Wildman–Crippen MR) is 115 cm³/mol. The van der Waals surface area contributed by atoms with Crippen molar-refractivity contribution in [3.8, 4) is 0 Å². The molecule has 0 radical (unpaired) electrons. The van der Waals surface area contributed by atoms with Gasteiger partial charge in [0.05, 0.1) is 3.79 Å². The van der Waals surface area contributed by atoms with Crippen molar-refractivity contribution in [2.24, 2.45) is 5.92 Å². The second-order valence-corrected chi connectivity index (χ2v) is 12.1. The van der Waals surface area contributed by atoms with Gasteiger partial charge in [0.15, 0.2) is 0 Å². The van der Waals surface area contributed by atoms with Crippen LogP contribution >= 0.6 is 27.3 Å². The Hall–Kier alpha value is -1.22. The van der Waals surface area contributed by atoms with Gasteiger partial charge in [-0.3, -0.25) is 4.79 Å². The lowest BCUT2D eigenvalue weighted by atomic mass is 9.89. The molecule has 1 atom stereocenters. The van der Waals surface area contributed by atoms with Crippen molar-refractivity contribution in [2.75, 3.05) is 24.5 Å². The smallest absolute Gasteiger partial charge is 0.252 e. The predicted octanol–water partition coefficient (Wildman–Crippen LogP) is 4.45. The number of para-hydroxylation sites is 1. The number of hydrogen-bond acceptors (Lipinski definition) is 4. The molecule has 1 aromatic heterocycles. The molecule has 0 saturated carbocycles. The van der Waals surface area contributed by atoms with Crippen molar-refractivity contribution in [1.82, 2.24) is 4.31 Å². The van der Waals surface area contributed by atoms with Crippen molar-refractivity contribution >= 4 is 48.9 Å². The van der Waals surface area contributed by atoms with Gasteiger partial charge in [0.25, 0.3) is 10.0 Å². The van der Waals surface area contributed by atoms with E-state index in [0.717, 1.165) is 22.4 Å². The molecule has 1 saturated heterocycles. The van der Waals surface area contributed by atoms with E-state index >= 15 is 0 Å². The molecule has 5 nitrogen and oxygen atoms in total. The van der Waals surface area contributed by atoms with E-state index in [9.17, 15) is 13.2 Å². The van der Waals surface area contributed by atoms with Crippen LogP contribution in [0.2, 0.25) is 0 Å². The van der Waals surface area contributed by atoms with Crippen LogP contribution in [0.15, 0.2) is 44.4 Å². The summed E-state index contributed by atoms with van der Waals surface area (Å²) in [4.78, 5) is 15.1. The van der Waals surface area contributed by atoms with Crippen molar-refractivity contribution in [1.29, 1.82) is 0 Å². The van der Waals surface area contributed by atoms with Crippen molar-refractivity contribution in [2.45, 2.75) is 36.3 Å². The summed E-state index contributed by atoms with van der Waals surface area (Å²) in [6.07, 6.45) is 2.10.